The molecule has 0 unspecified atom stereocenters. The molecule has 0 radical (unpaired) electrons. The van der Waals surface area contributed by atoms with E-state index in [9.17, 15) is 18.4 Å². The Morgan fingerprint density at radius 1 is 0.906 bits per heavy atom. The number of carbonyl (C=O) groups is 2. The molecule has 2 N–H and O–H groups in total. The third-order valence-corrected chi connectivity index (χ3v) is 4.52. The molecule has 0 atom stereocenters. The predicted octanol–water partition coefficient (Wildman–Crippen LogP) is 5.10. The molecular formula is C24H22F2N2O4. The van der Waals surface area contributed by atoms with E-state index in [4.69, 9.17) is 4.74 Å². The maximum Gasteiger partial charge on any atom is 0.387 e. The molecule has 0 spiro atoms. The van der Waals surface area contributed by atoms with Gasteiger partial charge in [-0.1, -0.05) is 24.3 Å². The van der Waals surface area contributed by atoms with Gasteiger partial charge in [0, 0.05) is 23.9 Å². The van der Waals surface area contributed by atoms with Crippen LogP contribution in [0.1, 0.15) is 12.5 Å². The smallest absolute Gasteiger partial charge is 0.387 e. The lowest BCUT2D eigenvalue weighted by Gasteiger charge is -2.14. The number of hydrogen-bond donors (Lipinski definition) is 2. The van der Waals surface area contributed by atoms with Crippen LogP contribution >= 0.6 is 0 Å². The van der Waals surface area contributed by atoms with Crippen LogP contribution in [-0.4, -0.2) is 25.5 Å². The fraction of sp³-hybridized carbons (Fsp3) is 0.167. The number of anilines is 2. The van der Waals surface area contributed by atoms with Gasteiger partial charge in [0.2, 0.25) is 11.8 Å². The van der Waals surface area contributed by atoms with Gasteiger partial charge in [-0.2, -0.15) is 8.78 Å². The second-order valence-electron chi connectivity index (χ2n) is 6.92. The highest BCUT2D eigenvalue weighted by molar-refractivity contribution is 5.93. The zero-order valence-electron chi connectivity index (χ0n) is 17.5. The molecule has 0 aliphatic rings. The first-order valence-corrected chi connectivity index (χ1v) is 9.73. The molecule has 6 nitrogen and oxygen atoms in total. The normalized spacial score (nSPS) is 10.5. The molecule has 3 rings (SSSR count). The maximum atomic E-state index is 12.9. The van der Waals surface area contributed by atoms with E-state index in [0.29, 0.717) is 28.3 Å². The van der Waals surface area contributed by atoms with Gasteiger partial charge in [0.15, 0.2) is 0 Å². The van der Waals surface area contributed by atoms with E-state index in [1.807, 2.05) is 0 Å². The number of ether oxygens (including phenoxy) is 2. The summed E-state index contributed by atoms with van der Waals surface area (Å²) in [6.07, 6.45) is 0.105. The molecule has 0 aliphatic heterocycles. The van der Waals surface area contributed by atoms with Gasteiger partial charge in [0.05, 0.1) is 13.5 Å². The SMILES string of the molecule is COc1ccc(-c2cc(NC(=O)Cc3ccc(NC(C)=O)cc3)ccc2OC(F)F)cc1. The van der Waals surface area contributed by atoms with Crippen molar-refractivity contribution in [1.29, 1.82) is 0 Å². The molecule has 2 amide bonds. The van der Waals surface area contributed by atoms with Crippen molar-refractivity contribution < 1.29 is 27.8 Å². The summed E-state index contributed by atoms with van der Waals surface area (Å²) in [6, 6.07) is 18.2. The van der Waals surface area contributed by atoms with Crippen molar-refractivity contribution >= 4 is 23.2 Å². The predicted molar refractivity (Wildman–Crippen MR) is 118 cm³/mol. The molecule has 0 heterocycles. The minimum Gasteiger partial charge on any atom is -0.497 e. The van der Waals surface area contributed by atoms with Gasteiger partial charge < -0.3 is 20.1 Å². The Bertz CT molecular complexity index is 1080. The Morgan fingerprint density at radius 3 is 2.16 bits per heavy atom. The number of amides is 2. The minimum absolute atomic E-state index is 0.00303. The van der Waals surface area contributed by atoms with E-state index in [2.05, 4.69) is 15.4 Å². The van der Waals surface area contributed by atoms with Gasteiger partial charge in [-0.05, 0) is 53.6 Å². The maximum absolute atomic E-state index is 12.9. The van der Waals surface area contributed by atoms with E-state index < -0.39 is 6.61 Å². The first-order chi connectivity index (χ1) is 15.3. The summed E-state index contributed by atoms with van der Waals surface area (Å²) in [5.41, 5.74) is 2.87. The molecule has 0 saturated heterocycles. The van der Waals surface area contributed by atoms with Gasteiger partial charge in [0.1, 0.15) is 11.5 Å². The van der Waals surface area contributed by atoms with Crippen molar-refractivity contribution in [3.63, 3.8) is 0 Å². The van der Waals surface area contributed by atoms with Gasteiger partial charge in [-0.15, -0.1) is 0 Å². The van der Waals surface area contributed by atoms with E-state index in [1.54, 1.807) is 54.6 Å². The van der Waals surface area contributed by atoms with Crippen LogP contribution in [0.4, 0.5) is 20.2 Å². The summed E-state index contributed by atoms with van der Waals surface area (Å²) in [6.45, 7) is -1.56. The van der Waals surface area contributed by atoms with Crippen LogP contribution in [0, 0.1) is 0 Å². The van der Waals surface area contributed by atoms with Crippen LogP contribution in [0.15, 0.2) is 66.7 Å². The van der Waals surface area contributed by atoms with Gasteiger partial charge in [0.25, 0.3) is 0 Å². The quantitative estimate of drug-likeness (QED) is 0.511. The number of rotatable bonds is 8. The number of halogens is 2. The first-order valence-electron chi connectivity index (χ1n) is 9.73. The lowest BCUT2D eigenvalue weighted by Crippen LogP contribution is -2.14. The summed E-state index contributed by atoms with van der Waals surface area (Å²) in [5.74, 6) is 0.165. The fourth-order valence-electron chi connectivity index (χ4n) is 3.10. The highest BCUT2D eigenvalue weighted by Gasteiger charge is 2.14. The summed E-state index contributed by atoms with van der Waals surface area (Å²) < 4.78 is 35.5. The molecular weight excluding hydrogens is 418 g/mol. The topological polar surface area (TPSA) is 76.7 Å². The first kappa shape index (κ1) is 22.7. The van der Waals surface area contributed by atoms with Crippen molar-refractivity contribution in [3.8, 4) is 22.6 Å². The number of alkyl halides is 2. The average molecular weight is 440 g/mol. The Morgan fingerprint density at radius 2 is 1.56 bits per heavy atom. The molecule has 3 aromatic rings. The molecule has 166 valence electrons. The zero-order valence-corrected chi connectivity index (χ0v) is 17.5. The zero-order chi connectivity index (χ0) is 23.1. The number of nitrogens with one attached hydrogen (secondary N) is 2. The number of benzene rings is 3. The van der Waals surface area contributed by atoms with Crippen molar-refractivity contribution in [2.24, 2.45) is 0 Å². The van der Waals surface area contributed by atoms with Crippen LogP contribution in [0.3, 0.4) is 0 Å². The standard InChI is InChI=1S/C24H22F2N2O4/c1-15(29)27-18-7-3-16(4-8-18)13-23(30)28-19-9-12-22(32-24(25)26)21(14-19)17-5-10-20(31-2)11-6-17/h3-12,14,24H,13H2,1-2H3,(H,27,29)(H,28,30). The van der Waals surface area contributed by atoms with Crippen molar-refractivity contribution in [2.75, 3.05) is 17.7 Å². The lowest BCUT2D eigenvalue weighted by atomic mass is 10.0. The molecule has 8 heteroatoms. The summed E-state index contributed by atoms with van der Waals surface area (Å²) in [7, 11) is 1.53. The van der Waals surface area contributed by atoms with Crippen LogP contribution in [0.2, 0.25) is 0 Å². The molecule has 0 fully saturated rings. The van der Waals surface area contributed by atoms with Gasteiger partial charge in [-0.25, -0.2) is 0 Å². The third kappa shape index (κ3) is 6.28. The summed E-state index contributed by atoms with van der Waals surface area (Å²) >= 11 is 0. The Balaban J connectivity index is 1.76. The molecule has 0 aromatic heterocycles. The highest BCUT2D eigenvalue weighted by Crippen LogP contribution is 2.34. The van der Waals surface area contributed by atoms with Gasteiger partial charge >= 0.3 is 6.61 Å². The van der Waals surface area contributed by atoms with E-state index >= 15 is 0 Å². The molecule has 0 bridgehead atoms. The van der Waals surface area contributed by atoms with Gasteiger partial charge in [-0.3, -0.25) is 9.59 Å². The molecule has 0 saturated carbocycles. The second-order valence-corrected chi connectivity index (χ2v) is 6.92. The third-order valence-electron chi connectivity index (χ3n) is 4.52. The minimum atomic E-state index is -2.98. The molecule has 32 heavy (non-hydrogen) atoms. The van der Waals surface area contributed by atoms with Crippen LogP contribution in [0.5, 0.6) is 11.5 Å². The van der Waals surface area contributed by atoms with Crippen molar-refractivity contribution in [3.05, 3.63) is 72.3 Å². The lowest BCUT2D eigenvalue weighted by molar-refractivity contribution is -0.116. The second kappa shape index (κ2) is 10.4. The van der Waals surface area contributed by atoms with E-state index in [1.165, 1.54) is 26.2 Å². The van der Waals surface area contributed by atoms with E-state index in [-0.39, 0.29) is 24.0 Å². The Hall–Kier alpha value is -3.94. The summed E-state index contributed by atoms with van der Waals surface area (Å²) in [5, 5.41) is 5.43. The monoisotopic (exact) mass is 440 g/mol. The number of carbonyl (C=O) groups excluding carboxylic acids is 2. The molecule has 3 aromatic carbocycles. The van der Waals surface area contributed by atoms with Crippen molar-refractivity contribution in [2.45, 2.75) is 20.0 Å². The summed E-state index contributed by atoms with van der Waals surface area (Å²) in [4.78, 5) is 23.6. The number of methoxy groups -OCH3 is 1. The largest absolute Gasteiger partial charge is 0.497 e. The van der Waals surface area contributed by atoms with E-state index in [0.717, 1.165) is 5.56 Å². The van der Waals surface area contributed by atoms with Crippen LogP contribution in [0.25, 0.3) is 11.1 Å². The van der Waals surface area contributed by atoms with Crippen molar-refractivity contribution in [1.82, 2.24) is 0 Å². The molecule has 0 aliphatic carbocycles. The van der Waals surface area contributed by atoms with Crippen LogP contribution in [-0.2, 0) is 16.0 Å². The van der Waals surface area contributed by atoms with Crippen LogP contribution < -0.4 is 20.1 Å². The highest BCUT2D eigenvalue weighted by atomic mass is 19.3. The Kier molecular flexibility index (Phi) is 7.38. The average Bonchev–Trinajstić information content (AvgIpc) is 2.75. The Labute approximate surface area is 184 Å². The number of hydrogen-bond acceptors (Lipinski definition) is 4. The fourth-order valence-corrected chi connectivity index (χ4v) is 3.10.